The number of hydrogen-bond donors (Lipinski definition) is 2. The van der Waals surface area contributed by atoms with Crippen LogP contribution in [0.1, 0.15) is 13.3 Å². The Balaban J connectivity index is 0.00000529. The van der Waals surface area contributed by atoms with Crippen LogP contribution in [0.2, 0.25) is 0 Å². The number of sulfonamides is 1. The van der Waals surface area contributed by atoms with Gasteiger partial charge in [-0.2, -0.15) is 0 Å². The Bertz CT molecular complexity index is 665. The SMILES string of the molecule is CC(CN)N(C)C(=O)CCNS(=O)(=O)c1ccc([N+](=O)[O-])cc1.Cl. The van der Waals surface area contributed by atoms with Crippen molar-refractivity contribution in [2.75, 3.05) is 20.1 Å². The predicted molar refractivity (Wildman–Crippen MR) is 91.4 cm³/mol. The first-order chi connectivity index (χ1) is 10.7. The van der Waals surface area contributed by atoms with Crippen LogP contribution in [0.5, 0.6) is 0 Å². The molecular formula is C13H21ClN4O5S. The summed E-state index contributed by atoms with van der Waals surface area (Å²) >= 11 is 0. The number of nitrogens with two attached hydrogens (primary N) is 1. The minimum atomic E-state index is -3.82. The summed E-state index contributed by atoms with van der Waals surface area (Å²) in [5.41, 5.74) is 5.27. The minimum Gasteiger partial charge on any atom is -0.342 e. The van der Waals surface area contributed by atoms with Gasteiger partial charge in [-0.1, -0.05) is 0 Å². The molecule has 136 valence electrons. The summed E-state index contributed by atoms with van der Waals surface area (Å²) in [5, 5.41) is 10.5. The van der Waals surface area contributed by atoms with E-state index in [1.54, 1.807) is 14.0 Å². The van der Waals surface area contributed by atoms with Crippen molar-refractivity contribution in [3.05, 3.63) is 34.4 Å². The van der Waals surface area contributed by atoms with Gasteiger partial charge in [0, 0.05) is 44.7 Å². The maximum atomic E-state index is 12.0. The van der Waals surface area contributed by atoms with Gasteiger partial charge >= 0.3 is 0 Å². The zero-order valence-corrected chi connectivity index (χ0v) is 15.0. The van der Waals surface area contributed by atoms with Crippen LogP contribution in [0, 0.1) is 10.1 Å². The van der Waals surface area contributed by atoms with Crippen LogP contribution in [-0.2, 0) is 14.8 Å². The Morgan fingerprint density at radius 3 is 2.38 bits per heavy atom. The highest BCUT2D eigenvalue weighted by Crippen LogP contribution is 2.15. The molecule has 9 nitrogen and oxygen atoms in total. The molecule has 0 heterocycles. The highest BCUT2D eigenvalue weighted by Gasteiger charge is 2.18. The lowest BCUT2D eigenvalue weighted by atomic mass is 10.2. The van der Waals surface area contributed by atoms with Crippen molar-refractivity contribution in [1.29, 1.82) is 0 Å². The molecule has 0 bridgehead atoms. The van der Waals surface area contributed by atoms with E-state index in [1.165, 1.54) is 4.90 Å². The highest BCUT2D eigenvalue weighted by molar-refractivity contribution is 7.89. The molecule has 3 N–H and O–H groups in total. The summed E-state index contributed by atoms with van der Waals surface area (Å²) in [6.07, 6.45) is -0.00689. The van der Waals surface area contributed by atoms with Crippen molar-refractivity contribution in [2.24, 2.45) is 5.73 Å². The molecule has 1 amide bonds. The molecule has 1 rings (SSSR count). The van der Waals surface area contributed by atoms with Crippen molar-refractivity contribution in [3.8, 4) is 0 Å². The minimum absolute atomic E-state index is 0. The molecule has 0 saturated heterocycles. The van der Waals surface area contributed by atoms with Crippen LogP contribution < -0.4 is 10.5 Å². The van der Waals surface area contributed by atoms with Crippen molar-refractivity contribution in [3.63, 3.8) is 0 Å². The van der Waals surface area contributed by atoms with E-state index in [1.807, 2.05) is 0 Å². The summed E-state index contributed by atoms with van der Waals surface area (Å²) in [6, 6.07) is 4.37. The van der Waals surface area contributed by atoms with E-state index >= 15 is 0 Å². The molecule has 0 radical (unpaired) electrons. The smallest absolute Gasteiger partial charge is 0.269 e. The summed E-state index contributed by atoms with van der Waals surface area (Å²) in [7, 11) is -2.22. The quantitative estimate of drug-likeness (QED) is 0.497. The standard InChI is InChI=1S/C13H20N4O5S.ClH/c1-10(9-14)16(2)13(18)7-8-15-23(21,22)12-5-3-11(4-6-12)17(19)20;/h3-6,10,15H,7-9,14H2,1-2H3;1H. The Kier molecular flexibility index (Phi) is 8.83. The molecular weight excluding hydrogens is 360 g/mol. The molecule has 1 unspecified atom stereocenters. The van der Waals surface area contributed by atoms with Crippen LogP contribution >= 0.6 is 12.4 Å². The third kappa shape index (κ3) is 6.04. The summed E-state index contributed by atoms with van der Waals surface area (Å²) in [6.45, 7) is 2.04. The second-order valence-corrected chi connectivity index (χ2v) is 6.76. The monoisotopic (exact) mass is 380 g/mol. The van der Waals surface area contributed by atoms with Crippen molar-refractivity contribution in [1.82, 2.24) is 9.62 Å². The molecule has 24 heavy (non-hydrogen) atoms. The lowest BCUT2D eigenvalue weighted by molar-refractivity contribution is -0.384. The fourth-order valence-electron chi connectivity index (χ4n) is 1.70. The van der Waals surface area contributed by atoms with Crippen molar-refractivity contribution in [2.45, 2.75) is 24.3 Å². The first kappa shape index (κ1) is 22.2. The van der Waals surface area contributed by atoms with Crippen LogP contribution in [0.4, 0.5) is 5.69 Å². The molecule has 0 aliphatic rings. The van der Waals surface area contributed by atoms with Gasteiger partial charge in [0.1, 0.15) is 0 Å². The molecule has 1 aromatic carbocycles. The summed E-state index contributed by atoms with van der Waals surface area (Å²) in [5.74, 6) is -0.227. The van der Waals surface area contributed by atoms with Crippen LogP contribution in [0.25, 0.3) is 0 Å². The first-order valence-corrected chi connectivity index (χ1v) is 8.37. The van der Waals surface area contributed by atoms with E-state index in [0.717, 1.165) is 24.3 Å². The molecule has 0 spiro atoms. The predicted octanol–water partition coefficient (Wildman–Crippen LogP) is 0.491. The molecule has 11 heteroatoms. The van der Waals surface area contributed by atoms with Crippen molar-refractivity contribution >= 4 is 34.0 Å². The van der Waals surface area contributed by atoms with Crippen LogP contribution in [-0.4, -0.2) is 50.3 Å². The topological polar surface area (TPSA) is 136 Å². The van der Waals surface area contributed by atoms with Gasteiger partial charge in [-0.25, -0.2) is 13.1 Å². The number of nitrogens with one attached hydrogen (secondary N) is 1. The third-order valence-corrected chi connectivity index (χ3v) is 4.86. The molecule has 0 aliphatic heterocycles. The van der Waals surface area contributed by atoms with E-state index in [0.29, 0.717) is 6.54 Å². The number of amides is 1. The van der Waals surface area contributed by atoms with E-state index in [2.05, 4.69) is 4.72 Å². The number of nitro benzene ring substituents is 1. The number of non-ortho nitro benzene ring substituents is 1. The van der Waals surface area contributed by atoms with Gasteiger partial charge in [-0.05, 0) is 19.1 Å². The number of likely N-dealkylation sites (N-methyl/N-ethyl adjacent to an activating group) is 1. The normalized spacial score (nSPS) is 12.1. The van der Waals surface area contributed by atoms with Crippen LogP contribution in [0.3, 0.4) is 0 Å². The highest BCUT2D eigenvalue weighted by atomic mass is 35.5. The maximum Gasteiger partial charge on any atom is 0.269 e. The molecule has 0 aliphatic carbocycles. The molecule has 0 aromatic heterocycles. The number of nitro groups is 1. The Morgan fingerprint density at radius 2 is 1.92 bits per heavy atom. The number of carbonyl (C=O) groups excluding carboxylic acids is 1. The second-order valence-electron chi connectivity index (χ2n) is 4.99. The van der Waals surface area contributed by atoms with Gasteiger partial charge in [0.05, 0.1) is 9.82 Å². The fraction of sp³-hybridized carbons (Fsp3) is 0.462. The first-order valence-electron chi connectivity index (χ1n) is 6.89. The number of rotatable bonds is 8. The Labute approximate surface area is 146 Å². The molecule has 1 atom stereocenters. The molecule has 1 aromatic rings. The van der Waals surface area contributed by atoms with Gasteiger partial charge < -0.3 is 10.6 Å². The van der Waals surface area contributed by atoms with Crippen LogP contribution in [0.15, 0.2) is 29.2 Å². The average molecular weight is 381 g/mol. The second kappa shape index (κ2) is 9.52. The lowest BCUT2D eigenvalue weighted by Crippen LogP contribution is -2.41. The number of halogens is 1. The maximum absolute atomic E-state index is 12.0. The van der Waals surface area contributed by atoms with E-state index in [4.69, 9.17) is 5.73 Å². The average Bonchev–Trinajstić information content (AvgIpc) is 2.53. The number of benzene rings is 1. The van der Waals surface area contributed by atoms with E-state index < -0.39 is 14.9 Å². The lowest BCUT2D eigenvalue weighted by Gasteiger charge is -2.23. The van der Waals surface area contributed by atoms with Crippen molar-refractivity contribution < 1.29 is 18.1 Å². The van der Waals surface area contributed by atoms with Gasteiger partial charge in [-0.3, -0.25) is 14.9 Å². The largest absolute Gasteiger partial charge is 0.342 e. The number of carbonyl (C=O) groups is 1. The third-order valence-electron chi connectivity index (χ3n) is 3.38. The van der Waals surface area contributed by atoms with E-state index in [9.17, 15) is 23.3 Å². The summed E-state index contributed by atoms with van der Waals surface area (Å²) in [4.78, 5) is 23.1. The Morgan fingerprint density at radius 1 is 1.38 bits per heavy atom. The van der Waals surface area contributed by atoms with Gasteiger partial charge in [0.25, 0.3) is 5.69 Å². The number of hydrogen-bond acceptors (Lipinski definition) is 6. The molecule has 0 fully saturated rings. The van der Waals surface area contributed by atoms with E-state index in [-0.39, 0.29) is 47.9 Å². The summed E-state index contributed by atoms with van der Waals surface area (Å²) < 4.78 is 26.3. The number of nitrogens with zero attached hydrogens (tertiary/aromatic N) is 2. The zero-order valence-electron chi connectivity index (χ0n) is 13.3. The van der Waals surface area contributed by atoms with Gasteiger partial charge in [-0.15, -0.1) is 12.4 Å². The van der Waals surface area contributed by atoms with Gasteiger partial charge in [0.2, 0.25) is 15.9 Å². The Hall–Kier alpha value is -1.75. The zero-order chi connectivity index (χ0) is 17.6. The fourth-order valence-corrected chi connectivity index (χ4v) is 2.73. The molecule has 0 saturated carbocycles. The van der Waals surface area contributed by atoms with Gasteiger partial charge in [0.15, 0.2) is 0 Å².